The van der Waals surface area contributed by atoms with Gasteiger partial charge in [0, 0.05) is 39.0 Å². The van der Waals surface area contributed by atoms with E-state index in [1.54, 1.807) is 4.88 Å². The van der Waals surface area contributed by atoms with Gasteiger partial charge in [-0.05, 0) is 92.4 Å². The van der Waals surface area contributed by atoms with Crippen LogP contribution in [0.25, 0.3) is 0 Å². The first-order chi connectivity index (χ1) is 21.0. The molecule has 1 saturated heterocycles. The van der Waals surface area contributed by atoms with Gasteiger partial charge in [0.05, 0.1) is 11.7 Å². The molecule has 1 aliphatic carbocycles. The molecule has 2 fully saturated rings. The molecule has 43 heavy (non-hydrogen) atoms. The largest absolute Gasteiger partial charge is 0.423 e. The maximum Gasteiger partial charge on any atom is 0.220 e. The van der Waals surface area contributed by atoms with Crippen molar-refractivity contribution in [2.24, 2.45) is 11.8 Å². The van der Waals surface area contributed by atoms with Crippen LogP contribution in [-0.2, 0) is 19.4 Å². The first-order valence-electron chi connectivity index (χ1n) is 16.3. The van der Waals surface area contributed by atoms with E-state index in [4.69, 9.17) is 9.40 Å². The zero-order valence-electron chi connectivity index (χ0n) is 26.3. The summed E-state index contributed by atoms with van der Waals surface area (Å²) in [7, 11) is 6.48. The standard InChI is InChI=1S/C37H48N4OS/c1-39(2)33-21-24-43-34(33)26-29-17-19-31(20-18-29)35(41-22-11-6-12-23-41)36-38-32(25-28-13-7-4-8-14-28)37(42-36)40(3)27-30-15-9-5-10-16-30/h4-5,7-10,13-16,21,24,29,31,35H,6,11-12,17-20,22-23,25-27H2,1-3H3. The Morgan fingerprint density at radius 1 is 0.860 bits per heavy atom. The zero-order chi connectivity index (χ0) is 29.6. The minimum Gasteiger partial charge on any atom is -0.423 e. The van der Waals surface area contributed by atoms with Crippen molar-refractivity contribution >= 4 is 22.9 Å². The van der Waals surface area contributed by atoms with Crippen molar-refractivity contribution in [3.8, 4) is 0 Å². The number of oxazole rings is 1. The number of hydrogen-bond acceptors (Lipinski definition) is 6. The fourth-order valence-corrected chi connectivity index (χ4v) is 8.39. The quantitative estimate of drug-likeness (QED) is 0.173. The molecule has 2 aliphatic rings. The monoisotopic (exact) mass is 596 g/mol. The summed E-state index contributed by atoms with van der Waals surface area (Å²) in [5, 5.41) is 2.25. The van der Waals surface area contributed by atoms with Crippen LogP contribution in [0.5, 0.6) is 0 Å². The van der Waals surface area contributed by atoms with Crippen LogP contribution >= 0.6 is 11.3 Å². The molecule has 1 aliphatic heterocycles. The SMILES string of the molecule is CN(C)c1ccsc1CC1CCC(C(c2nc(Cc3ccccc3)c(N(C)Cc3ccccc3)o2)N2CCCCC2)CC1. The van der Waals surface area contributed by atoms with Gasteiger partial charge in [-0.3, -0.25) is 4.90 Å². The Bertz CT molecular complexity index is 1400. The van der Waals surface area contributed by atoms with Gasteiger partial charge in [-0.2, -0.15) is 0 Å². The summed E-state index contributed by atoms with van der Waals surface area (Å²) in [6.07, 6.45) is 11.0. The van der Waals surface area contributed by atoms with Gasteiger partial charge in [-0.15, -0.1) is 11.3 Å². The lowest BCUT2D eigenvalue weighted by Gasteiger charge is -2.40. The number of rotatable bonds is 11. The highest BCUT2D eigenvalue weighted by atomic mass is 32.1. The van der Waals surface area contributed by atoms with Crippen molar-refractivity contribution in [2.45, 2.75) is 70.4 Å². The second-order valence-corrected chi connectivity index (χ2v) is 14.0. The molecule has 6 heteroatoms. The Labute approximate surface area is 262 Å². The first-order valence-corrected chi connectivity index (χ1v) is 17.2. The number of benzene rings is 2. The number of nitrogens with zero attached hydrogens (tertiary/aromatic N) is 4. The van der Waals surface area contributed by atoms with E-state index in [2.05, 4.69) is 108 Å². The van der Waals surface area contributed by atoms with E-state index in [0.717, 1.165) is 49.4 Å². The highest BCUT2D eigenvalue weighted by Gasteiger charge is 2.37. The number of likely N-dealkylation sites (tertiary alicyclic amines) is 1. The molecule has 0 bridgehead atoms. The minimum atomic E-state index is 0.258. The molecule has 1 atom stereocenters. The van der Waals surface area contributed by atoms with E-state index in [1.165, 1.54) is 68.2 Å². The summed E-state index contributed by atoms with van der Waals surface area (Å²) in [4.78, 5) is 14.2. The number of hydrogen-bond donors (Lipinski definition) is 0. The molecule has 0 amide bonds. The van der Waals surface area contributed by atoms with Crippen LogP contribution in [-0.4, -0.2) is 44.1 Å². The molecule has 0 N–H and O–H groups in total. The summed E-state index contributed by atoms with van der Waals surface area (Å²) in [5.41, 5.74) is 5.01. The molecule has 6 rings (SSSR count). The third-order valence-corrected chi connectivity index (χ3v) is 10.5. The van der Waals surface area contributed by atoms with Crippen molar-refractivity contribution in [2.75, 3.05) is 44.0 Å². The van der Waals surface area contributed by atoms with Crippen LogP contribution in [0, 0.1) is 11.8 Å². The Balaban J connectivity index is 1.25. The summed E-state index contributed by atoms with van der Waals surface area (Å²) in [6.45, 7) is 3.10. The van der Waals surface area contributed by atoms with Crippen LogP contribution < -0.4 is 9.80 Å². The molecule has 228 valence electrons. The van der Waals surface area contributed by atoms with Gasteiger partial charge in [-0.25, -0.2) is 4.98 Å². The number of thiophene rings is 1. The zero-order valence-corrected chi connectivity index (χ0v) is 27.1. The molecule has 0 radical (unpaired) electrons. The van der Waals surface area contributed by atoms with Crippen molar-refractivity contribution in [1.29, 1.82) is 0 Å². The van der Waals surface area contributed by atoms with Crippen molar-refractivity contribution in [1.82, 2.24) is 9.88 Å². The van der Waals surface area contributed by atoms with Gasteiger partial charge < -0.3 is 14.2 Å². The van der Waals surface area contributed by atoms with E-state index in [9.17, 15) is 0 Å². The molecule has 3 heterocycles. The molecular weight excluding hydrogens is 549 g/mol. The van der Waals surface area contributed by atoms with Gasteiger partial charge >= 0.3 is 0 Å². The van der Waals surface area contributed by atoms with Gasteiger partial charge in [0.25, 0.3) is 0 Å². The lowest BCUT2D eigenvalue weighted by atomic mass is 9.76. The normalized spacial score (nSPS) is 20.2. The highest BCUT2D eigenvalue weighted by molar-refractivity contribution is 7.10. The average molecular weight is 597 g/mol. The van der Waals surface area contributed by atoms with E-state index in [1.807, 2.05) is 11.3 Å². The third kappa shape index (κ3) is 7.35. The lowest BCUT2D eigenvalue weighted by Crippen LogP contribution is -2.39. The topological polar surface area (TPSA) is 35.8 Å². The molecule has 4 aromatic rings. The van der Waals surface area contributed by atoms with Crippen molar-refractivity contribution in [3.05, 3.63) is 99.7 Å². The summed E-state index contributed by atoms with van der Waals surface area (Å²) < 4.78 is 6.91. The molecule has 1 unspecified atom stereocenters. The van der Waals surface area contributed by atoms with Crippen LogP contribution in [0.1, 0.15) is 78.6 Å². The van der Waals surface area contributed by atoms with E-state index in [-0.39, 0.29) is 6.04 Å². The van der Waals surface area contributed by atoms with Gasteiger partial charge in [0.15, 0.2) is 0 Å². The Morgan fingerprint density at radius 2 is 1.53 bits per heavy atom. The fourth-order valence-electron chi connectivity index (χ4n) is 7.33. The second-order valence-electron chi connectivity index (χ2n) is 13.0. The van der Waals surface area contributed by atoms with Gasteiger partial charge in [0.1, 0.15) is 5.69 Å². The van der Waals surface area contributed by atoms with Crippen molar-refractivity contribution < 1.29 is 4.42 Å². The van der Waals surface area contributed by atoms with Gasteiger partial charge in [0.2, 0.25) is 11.8 Å². The Hall–Kier alpha value is -3.09. The first kappa shape index (κ1) is 30.0. The molecule has 1 saturated carbocycles. The number of aromatic nitrogens is 1. The summed E-state index contributed by atoms with van der Waals surface area (Å²) >= 11 is 1.93. The predicted molar refractivity (Wildman–Crippen MR) is 180 cm³/mol. The van der Waals surface area contributed by atoms with Crippen LogP contribution in [0.2, 0.25) is 0 Å². The lowest BCUT2D eigenvalue weighted by molar-refractivity contribution is 0.0689. The second kappa shape index (κ2) is 14.1. The van der Waals surface area contributed by atoms with Crippen LogP contribution in [0.3, 0.4) is 0 Å². The maximum absolute atomic E-state index is 6.91. The van der Waals surface area contributed by atoms with E-state index in [0.29, 0.717) is 5.92 Å². The number of piperidine rings is 1. The smallest absolute Gasteiger partial charge is 0.220 e. The predicted octanol–water partition coefficient (Wildman–Crippen LogP) is 8.61. The van der Waals surface area contributed by atoms with Crippen molar-refractivity contribution in [3.63, 3.8) is 0 Å². The van der Waals surface area contributed by atoms with Gasteiger partial charge in [-0.1, -0.05) is 67.1 Å². The Kier molecular flexibility index (Phi) is 9.84. The molecule has 2 aromatic carbocycles. The molecule has 5 nitrogen and oxygen atoms in total. The number of anilines is 2. The highest BCUT2D eigenvalue weighted by Crippen LogP contribution is 2.44. The van der Waals surface area contributed by atoms with E-state index >= 15 is 0 Å². The maximum atomic E-state index is 6.91. The molecule has 0 spiro atoms. The van der Waals surface area contributed by atoms with E-state index < -0.39 is 0 Å². The summed E-state index contributed by atoms with van der Waals surface area (Å²) in [5.74, 6) is 3.22. The minimum absolute atomic E-state index is 0.258. The van der Waals surface area contributed by atoms with Crippen LogP contribution in [0.4, 0.5) is 11.6 Å². The van der Waals surface area contributed by atoms with Crippen LogP contribution in [0.15, 0.2) is 76.5 Å². The molecule has 2 aromatic heterocycles. The average Bonchev–Trinajstić information content (AvgIpc) is 3.67. The third-order valence-electron chi connectivity index (χ3n) is 9.57. The fraction of sp³-hybridized carbons (Fsp3) is 0.486. The summed E-state index contributed by atoms with van der Waals surface area (Å²) in [6, 6.07) is 24.0. The Morgan fingerprint density at radius 3 is 2.21 bits per heavy atom. The molecular formula is C37H48N4OS.